The summed E-state index contributed by atoms with van der Waals surface area (Å²) in [6.45, 7) is 30.0. The van der Waals surface area contributed by atoms with E-state index >= 15 is 0 Å². The summed E-state index contributed by atoms with van der Waals surface area (Å²) in [5.41, 5.74) is 0. The monoisotopic (exact) mass is 365 g/mol. The number of hydrogen-bond acceptors (Lipinski definition) is 0. The van der Waals surface area contributed by atoms with Crippen LogP contribution in [0.2, 0.25) is 78.6 Å². The quantitative estimate of drug-likeness (QED) is 0.714. The standard InChI is InChI=1S/C18H37Si4/c1-19(2,3)15-13-17(21(7,8)9)18(22(10,11)12)14-16(15)20(4,5)6/h13H,1-12H3. The third-order valence-electron chi connectivity index (χ3n) is 4.19. The van der Waals surface area contributed by atoms with Gasteiger partial charge in [-0.15, -0.1) is 0 Å². The van der Waals surface area contributed by atoms with Crippen molar-refractivity contribution in [3.63, 3.8) is 0 Å². The van der Waals surface area contributed by atoms with Crippen molar-refractivity contribution in [2.75, 3.05) is 0 Å². The molecule has 0 bridgehead atoms. The average molecular weight is 366 g/mol. The predicted molar refractivity (Wildman–Crippen MR) is 117 cm³/mol. The van der Waals surface area contributed by atoms with E-state index in [-0.39, 0.29) is 0 Å². The topological polar surface area (TPSA) is 0 Å². The lowest BCUT2D eigenvalue weighted by Gasteiger charge is -2.35. The first-order valence-electron chi connectivity index (χ1n) is 8.58. The van der Waals surface area contributed by atoms with E-state index in [9.17, 15) is 0 Å². The van der Waals surface area contributed by atoms with Gasteiger partial charge in [0.25, 0.3) is 0 Å². The summed E-state index contributed by atoms with van der Waals surface area (Å²) >= 11 is 0. The lowest BCUT2D eigenvalue weighted by Crippen LogP contribution is -2.65. The van der Waals surface area contributed by atoms with Crippen LogP contribution in [-0.2, 0) is 0 Å². The lowest BCUT2D eigenvalue weighted by atomic mass is 10.3. The summed E-state index contributed by atoms with van der Waals surface area (Å²) in [5.74, 6) is 0. The van der Waals surface area contributed by atoms with Crippen molar-refractivity contribution < 1.29 is 0 Å². The fourth-order valence-electron chi connectivity index (χ4n) is 2.91. The summed E-state index contributed by atoms with van der Waals surface area (Å²) in [4.78, 5) is 0. The molecule has 0 saturated carbocycles. The Morgan fingerprint density at radius 3 is 0.955 bits per heavy atom. The van der Waals surface area contributed by atoms with Gasteiger partial charge in [-0.2, -0.15) is 0 Å². The predicted octanol–water partition coefficient (Wildman–Crippen LogP) is 3.67. The zero-order chi connectivity index (χ0) is 17.7. The number of hydrogen-bond donors (Lipinski definition) is 0. The van der Waals surface area contributed by atoms with Crippen LogP contribution >= 0.6 is 0 Å². The Morgan fingerprint density at radius 1 is 0.500 bits per heavy atom. The highest BCUT2D eigenvalue weighted by Gasteiger charge is 2.34. The summed E-state index contributed by atoms with van der Waals surface area (Å²) < 4.78 is 0. The Labute approximate surface area is 143 Å². The SMILES string of the molecule is C[Si](C)(C)c1[c]c([Si](C)(C)C)c([Si](C)(C)C)cc1[Si](C)(C)C. The van der Waals surface area contributed by atoms with Gasteiger partial charge in [0.05, 0.1) is 32.3 Å². The van der Waals surface area contributed by atoms with E-state index in [0.29, 0.717) is 0 Å². The van der Waals surface area contributed by atoms with Crippen LogP contribution in [0, 0.1) is 6.07 Å². The van der Waals surface area contributed by atoms with E-state index in [1.165, 1.54) is 0 Å². The van der Waals surface area contributed by atoms with Gasteiger partial charge in [-0.3, -0.25) is 0 Å². The molecule has 1 aromatic carbocycles. The van der Waals surface area contributed by atoms with Gasteiger partial charge in [0, 0.05) is 0 Å². The van der Waals surface area contributed by atoms with Crippen LogP contribution in [0.1, 0.15) is 0 Å². The molecule has 0 aromatic heterocycles. The van der Waals surface area contributed by atoms with Crippen molar-refractivity contribution in [3.05, 3.63) is 12.1 Å². The molecule has 0 spiro atoms. The molecule has 0 fully saturated rings. The normalized spacial score (nSPS) is 14.4. The second-order valence-electron chi connectivity index (χ2n) is 10.8. The van der Waals surface area contributed by atoms with Gasteiger partial charge in [0.15, 0.2) is 0 Å². The van der Waals surface area contributed by atoms with Gasteiger partial charge in [-0.25, -0.2) is 0 Å². The fraction of sp³-hybridized carbons (Fsp3) is 0.667. The second-order valence-corrected chi connectivity index (χ2v) is 30.9. The molecule has 1 rings (SSSR count). The van der Waals surface area contributed by atoms with Crippen molar-refractivity contribution in [1.82, 2.24) is 0 Å². The lowest BCUT2D eigenvalue weighted by molar-refractivity contribution is 1.64. The van der Waals surface area contributed by atoms with Crippen LogP contribution in [0.4, 0.5) is 0 Å². The largest absolute Gasteiger partial charge is 0.0782 e. The van der Waals surface area contributed by atoms with Crippen LogP contribution in [0.5, 0.6) is 0 Å². The minimum atomic E-state index is -1.36. The van der Waals surface area contributed by atoms with Crippen LogP contribution in [0.25, 0.3) is 0 Å². The molecule has 1 aromatic rings. The molecule has 0 nitrogen and oxygen atoms in total. The molecule has 22 heavy (non-hydrogen) atoms. The van der Waals surface area contributed by atoms with Crippen LogP contribution in [-0.4, -0.2) is 32.3 Å². The maximum atomic E-state index is 4.07. The highest BCUT2D eigenvalue weighted by Crippen LogP contribution is 2.11. The molecule has 0 aliphatic rings. The highest BCUT2D eigenvalue weighted by molar-refractivity contribution is 7.02. The van der Waals surface area contributed by atoms with Gasteiger partial charge in [0.2, 0.25) is 0 Å². The minimum Gasteiger partial charge on any atom is -0.0656 e. The van der Waals surface area contributed by atoms with Crippen molar-refractivity contribution in [3.8, 4) is 0 Å². The first-order chi connectivity index (χ1) is 9.45. The molecule has 0 saturated heterocycles. The van der Waals surface area contributed by atoms with Crippen LogP contribution in [0.3, 0.4) is 0 Å². The molecule has 0 heterocycles. The minimum absolute atomic E-state index is 1.34. The van der Waals surface area contributed by atoms with Crippen molar-refractivity contribution in [2.24, 2.45) is 0 Å². The second kappa shape index (κ2) is 5.87. The Kier molecular flexibility index (Phi) is 5.37. The Morgan fingerprint density at radius 2 is 0.773 bits per heavy atom. The smallest absolute Gasteiger partial charge is 0.0656 e. The maximum absolute atomic E-state index is 4.07. The number of rotatable bonds is 4. The molecular formula is C18H37Si4. The van der Waals surface area contributed by atoms with Gasteiger partial charge < -0.3 is 0 Å². The molecule has 0 aliphatic heterocycles. The molecule has 0 N–H and O–H groups in total. The highest BCUT2D eigenvalue weighted by atomic mass is 28.3. The Bertz CT molecular complexity index is 448. The summed E-state index contributed by atoms with van der Waals surface area (Å²) in [6, 6.07) is 6.73. The van der Waals surface area contributed by atoms with E-state index in [0.717, 1.165) is 0 Å². The van der Waals surface area contributed by atoms with Crippen molar-refractivity contribution >= 4 is 53.0 Å². The third-order valence-corrected chi connectivity index (χ3v) is 12.5. The van der Waals surface area contributed by atoms with Crippen LogP contribution in [0.15, 0.2) is 6.07 Å². The Hall–Kier alpha value is 0.0875. The molecule has 0 aliphatic carbocycles. The summed E-state index contributed by atoms with van der Waals surface area (Å²) in [6.07, 6.45) is 0. The zero-order valence-corrected chi connectivity index (χ0v) is 21.1. The van der Waals surface area contributed by atoms with Gasteiger partial charge >= 0.3 is 0 Å². The average Bonchev–Trinajstić information content (AvgIpc) is 2.22. The van der Waals surface area contributed by atoms with Crippen molar-refractivity contribution in [2.45, 2.75) is 78.6 Å². The van der Waals surface area contributed by atoms with E-state index < -0.39 is 32.3 Å². The molecule has 125 valence electrons. The first-order valence-corrected chi connectivity index (χ1v) is 22.6. The van der Waals surface area contributed by atoms with Gasteiger partial charge in [-0.1, -0.05) is 105 Å². The molecular weight excluding hydrogens is 329 g/mol. The first kappa shape index (κ1) is 20.1. The molecule has 4 heteroatoms. The third kappa shape index (κ3) is 4.55. The maximum Gasteiger partial charge on any atom is 0.0782 e. The molecule has 0 unspecified atom stereocenters. The molecule has 0 atom stereocenters. The molecule has 1 radical (unpaired) electrons. The van der Waals surface area contributed by atoms with E-state index in [4.69, 9.17) is 0 Å². The van der Waals surface area contributed by atoms with E-state index in [1.807, 2.05) is 0 Å². The number of benzene rings is 1. The molecule has 0 amide bonds. The van der Waals surface area contributed by atoms with Crippen molar-refractivity contribution in [1.29, 1.82) is 0 Å². The zero-order valence-electron chi connectivity index (χ0n) is 17.1. The van der Waals surface area contributed by atoms with E-state index in [1.54, 1.807) is 20.7 Å². The summed E-state index contributed by atoms with van der Waals surface area (Å²) in [7, 11) is -5.40. The Balaban J connectivity index is 3.90. The summed E-state index contributed by atoms with van der Waals surface area (Å²) in [5, 5.41) is 6.66. The van der Waals surface area contributed by atoms with E-state index in [2.05, 4.69) is 90.7 Å². The van der Waals surface area contributed by atoms with Gasteiger partial charge in [-0.05, 0) is 6.07 Å². The van der Waals surface area contributed by atoms with Gasteiger partial charge in [0.1, 0.15) is 0 Å². The fourth-order valence-corrected chi connectivity index (χ4v) is 13.2. The van der Waals surface area contributed by atoms with Crippen LogP contribution < -0.4 is 20.7 Å².